The summed E-state index contributed by atoms with van der Waals surface area (Å²) in [5.41, 5.74) is 17.5. The summed E-state index contributed by atoms with van der Waals surface area (Å²) < 4.78 is 6.70. The fraction of sp³-hybridized carbons (Fsp3) is 0.0357. The molecular formula is C56H35NOS. The highest BCUT2D eigenvalue weighted by Gasteiger charge is 2.54. The van der Waals surface area contributed by atoms with E-state index in [9.17, 15) is 0 Å². The van der Waals surface area contributed by atoms with E-state index >= 15 is 0 Å². The van der Waals surface area contributed by atoms with E-state index in [1.54, 1.807) is 0 Å². The van der Waals surface area contributed by atoms with E-state index in [0.717, 1.165) is 34.0 Å². The molecule has 0 amide bonds. The van der Waals surface area contributed by atoms with Crippen LogP contribution in [0.3, 0.4) is 0 Å². The number of ether oxygens (including phenoxy) is 1. The molecule has 276 valence electrons. The fourth-order valence-electron chi connectivity index (χ4n) is 11.1. The van der Waals surface area contributed by atoms with Crippen LogP contribution in [0.5, 0.6) is 11.5 Å². The molecule has 2 nitrogen and oxygen atoms in total. The second kappa shape index (κ2) is 12.2. The molecule has 59 heavy (non-hydrogen) atoms. The van der Waals surface area contributed by atoms with Gasteiger partial charge in [-0.05, 0) is 93.0 Å². The number of hydrogen-bond donors (Lipinski definition) is 0. The van der Waals surface area contributed by atoms with Crippen molar-refractivity contribution in [3.8, 4) is 33.8 Å². The highest BCUT2D eigenvalue weighted by Crippen LogP contribution is 2.67. The summed E-state index contributed by atoms with van der Waals surface area (Å²) >= 11 is 1.89. The molecular weight excluding hydrogens is 735 g/mol. The van der Waals surface area contributed by atoms with Crippen molar-refractivity contribution in [3.05, 3.63) is 257 Å². The summed E-state index contributed by atoms with van der Waals surface area (Å²) in [4.78, 5) is 5.15. The highest BCUT2D eigenvalue weighted by molar-refractivity contribution is 7.99. The summed E-state index contributed by atoms with van der Waals surface area (Å²) in [6, 6.07) is 78.5. The van der Waals surface area contributed by atoms with Crippen molar-refractivity contribution in [2.24, 2.45) is 0 Å². The van der Waals surface area contributed by atoms with Gasteiger partial charge in [-0.3, -0.25) is 0 Å². The smallest absolute Gasteiger partial charge is 0.132 e. The topological polar surface area (TPSA) is 12.5 Å². The van der Waals surface area contributed by atoms with Crippen LogP contribution in [0, 0.1) is 0 Å². The van der Waals surface area contributed by atoms with E-state index < -0.39 is 10.8 Å². The number of anilines is 3. The van der Waals surface area contributed by atoms with Gasteiger partial charge in [0.05, 0.1) is 22.2 Å². The Morgan fingerprint density at radius 1 is 0.339 bits per heavy atom. The lowest BCUT2D eigenvalue weighted by molar-refractivity contribution is 0.436. The van der Waals surface area contributed by atoms with Gasteiger partial charge in [-0.15, -0.1) is 0 Å². The standard InChI is InChI=1S/C56H35NOS/c1-2-18-36(19-3-1)57(47-30-17-29-46-53(47)39-21-5-7-24-41(39)55(46)42-25-8-12-32-49(42)58-50-33-13-9-26-43(50)55)48-31-16-22-38-37-20-4-6-23-40(37)56(54(38)48)44-27-10-14-34-51(44)59-52-35-15-11-28-45(52)56/h1-35H. The Morgan fingerprint density at radius 3 is 1.49 bits per heavy atom. The van der Waals surface area contributed by atoms with Gasteiger partial charge in [0, 0.05) is 37.7 Å². The number of fused-ring (bicyclic) bond motifs is 18. The lowest BCUT2D eigenvalue weighted by Crippen LogP contribution is -2.33. The first-order chi connectivity index (χ1) is 29.3. The Hall–Kier alpha value is -7.07. The number of hydrogen-bond acceptors (Lipinski definition) is 3. The van der Waals surface area contributed by atoms with Crippen LogP contribution in [0.15, 0.2) is 222 Å². The Balaban J connectivity index is 1.17. The van der Waals surface area contributed by atoms with Gasteiger partial charge in [0.2, 0.25) is 0 Å². The minimum Gasteiger partial charge on any atom is -0.457 e. The SMILES string of the molecule is c1ccc(N(c2cccc3c2-c2ccccc2C32c3ccccc3Oc3ccccc32)c2cccc3c2C2(c4ccccc4Sc4ccccc42)c2ccccc2-3)cc1. The van der Waals surface area contributed by atoms with Crippen molar-refractivity contribution in [1.82, 2.24) is 0 Å². The van der Waals surface area contributed by atoms with Gasteiger partial charge in [0.15, 0.2) is 0 Å². The van der Waals surface area contributed by atoms with Crippen LogP contribution in [0.2, 0.25) is 0 Å². The Morgan fingerprint density at radius 2 is 0.814 bits per heavy atom. The van der Waals surface area contributed by atoms with Gasteiger partial charge < -0.3 is 9.64 Å². The minimum atomic E-state index is -0.579. The van der Waals surface area contributed by atoms with Crippen LogP contribution >= 0.6 is 11.8 Å². The van der Waals surface area contributed by atoms with Crippen molar-refractivity contribution in [2.45, 2.75) is 20.6 Å². The molecule has 2 aliphatic heterocycles. The highest BCUT2D eigenvalue weighted by atomic mass is 32.2. The monoisotopic (exact) mass is 769 g/mol. The summed E-state index contributed by atoms with van der Waals surface area (Å²) in [6.45, 7) is 0. The molecule has 3 heteroatoms. The third-order valence-electron chi connectivity index (χ3n) is 13.2. The number of rotatable bonds is 3. The summed E-state index contributed by atoms with van der Waals surface area (Å²) in [7, 11) is 0. The second-order valence-corrected chi connectivity index (χ2v) is 16.9. The van der Waals surface area contributed by atoms with Crippen LogP contribution in [-0.2, 0) is 10.8 Å². The van der Waals surface area contributed by atoms with Gasteiger partial charge in [-0.25, -0.2) is 0 Å². The average molecular weight is 770 g/mol. The largest absolute Gasteiger partial charge is 0.457 e. The first-order valence-electron chi connectivity index (χ1n) is 20.4. The molecule has 2 aliphatic carbocycles. The van der Waals surface area contributed by atoms with Crippen molar-refractivity contribution >= 4 is 28.8 Å². The van der Waals surface area contributed by atoms with Gasteiger partial charge in [0.25, 0.3) is 0 Å². The lowest BCUT2D eigenvalue weighted by atomic mass is 9.66. The van der Waals surface area contributed by atoms with E-state index in [0.29, 0.717) is 0 Å². The number of nitrogens with zero attached hydrogens (tertiary/aromatic N) is 1. The average Bonchev–Trinajstić information content (AvgIpc) is 3.76. The van der Waals surface area contributed by atoms with E-state index in [-0.39, 0.29) is 0 Å². The van der Waals surface area contributed by atoms with E-state index in [4.69, 9.17) is 4.74 Å². The molecule has 0 fully saturated rings. The van der Waals surface area contributed by atoms with E-state index in [1.807, 2.05) is 11.8 Å². The maximum atomic E-state index is 6.70. The predicted molar refractivity (Wildman–Crippen MR) is 240 cm³/mol. The summed E-state index contributed by atoms with van der Waals surface area (Å²) in [5.74, 6) is 1.79. The maximum absolute atomic E-state index is 6.70. The third kappa shape index (κ3) is 4.17. The van der Waals surface area contributed by atoms with Crippen molar-refractivity contribution < 1.29 is 4.74 Å². The zero-order chi connectivity index (χ0) is 38.7. The number of para-hydroxylation sites is 3. The molecule has 0 atom stereocenters. The molecule has 4 aliphatic rings. The quantitative estimate of drug-likeness (QED) is 0.178. The van der Waals surface area contributed by atoms with Gasteiger partial charge in [0.1, 0.15) is 11.5 Å². The Labute approximate surface area is 348 Å². The molecule has 0 N–H and O–H groups in total. The molecule has 13 rings (SSSR count). The van der Waals surface area contributed by atoms with E-state index in [2.05, 4.69) is 217 Å². The first kappa shape index (κ1) is 33.0. The van der Waals surface area contributed by atoms with Crippen molar-refractivity contribution in [2.75, 3.05) is 4.90 Å². The van der Waals surface area contributed by atoms with Gasteiger partial charge >= 0.3 is 0 Å². The van der Waals surface area contributed by atoms with E-state index in [1.165, 1.54) is 71.1 Å². The fourth-order valence-corrected chi connectivity index (χ4v) is 12.3. The molecule has 2 heterocycles. The Bertz CT molecular complexity index is 3110. The molecule has 0 unspecified atom stereocenters. The molecule has 0 saturated carbocycles. The summed E-state index contributed by atoms with van der Waals surface area (Å²) in [5, 5.41) is 0. The summed E-state index contributed by atoms with van der Waals surface area (Å²) in [6.07, 6.45) is 0. The van der Waals surface area contributed by atoms with Crippen LogP contribution < -0.4 is 9.64 Å². The molecule has 0 radical (unpaired) electrons. The third-order valence-corrected chi connectivity index (χ3v) is 14.3. The van der Waals surface area contributed by atoms with Gasteiger partial charge in [-0.1, -0.05) is 176 Å². The molecule has 0 bridgehead atoms. The van der Waals surface area contributed by atoms with Crippen LogP contribution in [0.25, 0.3) is 22.3 Å². The second-order valence-electron chi connectivity index (χ2n) is 15.9. The molecule has 9 aromatic carbocycles. The van der Waals surface area contributed by atoms with Crippen LogP contribution in [0.4, 0.5) is 17.1 Å². The zero-order valence-corrected chi connectivity index (χ0v) is 32.8. The molecule has 9 aromatic rings. The maximum Gasteiger partial charge on any atom is 0.132 e. The van der Waals surface area contributed by atoms with Crippen molar-refractivity contribution in [1.29, 1.82) is 0 Å². The van der Waals surface area contributed by atoms with Crippen LogP contribution in [0.1, 0.15) is 44.5 Å². The predicted octanol–water partition coefficient (Wildman–Crippen LogP) is 14.5. The Kier molecular flexibility index (Phi) is 6.83. The first-order valence-corrected chi connectivity index (χ1v) is 21.2. The molecule has 0 aromatic heterocycles. The van der Waals surface area contributed by atoms with Crippen molar-refractivity contribution in [3.63, 3.8) is 0 Å². The number of benzene rings is 9. The van der Waals surface area contributed by atoms with Crippen LogP contribution in [-0.4, -0.2) is 0 Å². The zero-order valence-electron chi connectivity index (χ0n) is 32.0. The molecule has 2 spiro atoms. The lowest BCUT2D eigenvalue weighted by Gasteiger charge is -2.42. The van der Waals surface area contributed by atoms with Gasteiger partial charge in [-0.2, -0.15) is 0 Å². The molecule has 0 saturated heterocycles. The minimum absolute atomic E-state index is 0.552. The normalized spacial score (nSPS) is 14.8.